The molecule has 1 fully saturated rings. The van der Waals surface area contributed by atoms with Crippen molar-refractivity contribution in [2.45, 2.75) is 57.7 Å². The highest BCUT2D eigenvalue weighted by atomic mass is 32.1. The Hall–Kier alpha value is -3.12. The van der Waals surface area contributed by atoms with E-state index in [4.69, 9.17) is 4.74 Å². The smallest absolute Gasteiger partial charge is 0.247 e. The second-order valence-electron chi connectivity index (χ2n) is 8.63. The largest absolute Gasteiger partial charge is 0.494 e. The van der Waals surface area contributed by atoms with Crippen LogP contribution in [0.25, 0.3) is 0 Å². The standard InChI is InChI=1S/C28H32N2O3S/c1-2-33-25-17-9-8-16-24(25)27(28(32)29-22-13-6-7-14-22)30(20-21-11-4-3-5-12-21)26(31)19-23-15-10-18-34-23/h3-5,8-12,15-18,22,27H,2,6-7,13-14,19-20H2,1H3,(H,29,32). The van der Waals surface area contributed by atoms with E-state index in [-0.39, 0.29) is 24.3 Å². The van der Waals surface area contributed by atoms with Gasteiger partial charge in [0, 0.05) is 23.0 Å². The number of amides is 2. The highest BCUT2D eigenvalue weighted by Gasteiger charge is 2.35. The summed E-state index contributed by atoms with van der Waals surface area (Å²) < 4.78 is 5.91. The van der Waals surface area contributed by atoms with Crippen LogP contribution in [0.2, 0.25) is 0 Å². The van der Waals surface area contributed by atoms with E-state index in [0.717, 1.165) is 41.7 Å². The molecular weight excluding hydrogens is 444 g/mol. The summed E-state index contributed by atoms with van der Waals surface area (Å²) in [6.45, 7) is 2.75. The Balaban J connectivity index is 1.73. The molecular formula is C28H32N2O3S. The third kappa shape index (κ3) is 6.06. The van der Waals surface area contributed by atoms with E-state index in [1.807, 2.05) is 79.0 Å². The zero-order chi connectivity index (χ0) is 23.8. The van der Waals surface area contributed by atoms with Crippen LogP contribution in [0.15, 0.2) is 72.1 Å². The molecule has 2 aromatic carbocycles. The quantitative estimate of drug-likeness (QED) is 0.419. The maximum atomic E-state index is 13.8. The summed E-state index contributed by atoms with van der Waals surface area (Å²) in [6, 6.07) is 20.7. The van der Waals surface area contributed by atoms with Crippen LogP contribution in [0, 0.1) is 0 Å². The Morgan fingerprint density at radius 2 is 1.76 bits per heavy atom. The third-order valence-electron chi connectivity index (χ3n) is 6.20. The van der Waals surface area contributed by atoms with Crippen molar-refractivity contribution >= 4 is 23.2 Å². The van der Waals surface area contributed by atoms with Gasteiger partial charge in [0.05, 0.1) is 13.0 Å². The van der Waals surface area contributed by atoms with Gasteiger partial charge in [0.2, 0.25) is 11.8 Å². The number of benzene rings is 2. The van der Waals surface area contributed by atoms with Gasteiger partial charge < -0.3 is 15.0 Å². The van der Waals surface area contributed by atoms with E-state index in [2.05, 4.69) is 5.32 Å². The van der Waals surface area contributed by atoms with Crippen molar-refractivity contribution in [3.05, 3.63) is 88.1 Å². The molecule has 1 atom stereocenters. The first-order valence-corrected chi connectivity index (χ1v) is 12.9. The molecule has 1 unspecified atom stereocenters. The van der Waals surface area contributed by atoms with Gasteiger partial charge in [-0.05, 0) is 42.8 Å². The van der Waals surface area contributed by atoms with Gasteiger partial charge in [0.25, 0.3) is 0 Å². The van der Waals surface area contributed by atoms with Crippen molar-refractivity contribution in [3.8, 4) is 5.75 Å². The molecule has 1 N–H and O–H groups in total. The van der Waals surface area contributed by atoms with Crippen LogP contribution in [0.5, 0.6) is 5.75 Å². The first-order valence-electron chi connectivity index (χ1n) is 12.0. The zero-order valence-electron chi connectivity index (χ0n) is 19.6. The number of hydrogen-bond donors (Lipinski definition) is 1. The van der Waals surface area contributed by atoms with Gasteiger partial charge in [0.15, 0.2) is 0 Å². The molecule has 178 valence electrons. The maximum absolute atomic E-state index is 13.8. The zero-order valence-corrected chi connectivity index (χ0v) is 20.4. The molecule has 1 aromatic heterocycles. The van der Waals surface area contributed by atoms with E-state index in [9.17, 15) is 9.59 Å². The molecule has 0 spiro atoms. The van der Waals surface area contributed by atoms with Crippen LogP contribution in [0.1, 0.15) is 54.7 Å². The van der Waals surface area contributed by atoms with Gasteiger partial charge in [-0.25, -0.2) is 0 Å². The minimum Gasteiger partial charge on any atom is -0.494 e. The van der Waals surface area contributed by atoms with Crippen LogP contribution >= 0.6 is 11.3 Å². The predicted molar refractivity (Wildman–Crippen MR) is 136 cm³/mol. The molecule has 6 heteroatoms. The summed E-state index contributed by atoms with van der Waals surface area (Å²) >= 11 is 1.56. The molecule has 1 saturated carbocycles. The summed E-state index contributed by atoms with van der Waals surface area (Å²) in [5.74, 6) is 0.414. The lowest BCUT2D eigenvalue weighted by atomic mass is 10.0. The second-order valence-corrected chi connectivity index (χ2v) is 9.66. The first-order chi connectivity index (χ1) is 16.7. The summed E-state index contributed by atoms with van der Waals surface area (Å²) in [4.78, 5) is 30.3. The normalized spacial score (nSPS) is 14.5. The number of rotatable bonds is 10. The van der Waals surface area contributed by atoms with Crippen molar-refractivity contribution in [2.75, 3.05) is 6.61 Å². The number of carbonyl (C=O) groups excluding carboxylic acids is 2. The minimum atomic E-state index is -0.781. The minimum absolute atomic E-state index is 0.0795. The van der Waals surface area contributed by atoms with Crippen molar-refractivity contribution in [2.24, 2.45) is 0 Å². The average Bonchev–Trinajstić information content (AvgIpc) is 3.55. The van der Waals surface area contributed by atoms with Crippen molar-refractivity contribution in [1.82, 2.24) is 10.2 Å². The average molecular weight is 477 g/mol. The molecule has 0 radical (unpaired) electrons. The molecule has 34 heavy (non-hydrogen) atoms. The first kappa shape index (κ1) is 24.0. The van der Waals surface area contributed by atoms with Crippen molar-refractivity contribution in [3.63, 3.8) is 0 Å². The molecule has 5 nitrogen and oxygen atoms in total. The lowest BCUT2D eigenvalue weighted by Crippen LogP contribution is -2.46. The third-order valence-corrected chi connectivity index (χ3v) is 7.07. The SMILES string of the molecule is CCOc1ccccc1C(C(=O)NC1CCCC1)N(Cc1ccccc1)C(=O)Cc1cccs1. The van der Waals surface area contributed by atoms with E-state index >= 15 is 0 Å². The van der Waals surface area contributed by atoms with E-state index < -0.39 is 6.04 Å². The molecule has 3 aromatic rings. The van der Waals surface area contributed by atoms with Crippen LogP contribution in [-0.2, 0) is 22.6 Å². The summed E-state index contributed by atoms with van der Waals surface area (Å²) in [5.41, 5.74) is 1.70. The molecule has 0 aliphatic heterocycles. The molecule has 0 bridgehead atoms. The van der Waals surface area contributed by atoms with Gasteiger partial charge in [-0.2, -0.15) is 0 Å². The lowest BCUT2D eigenvalue weighted by molar-refractivity contribution is -0.141. The molecule has 1 heterocycles. The van der Waals surface area contributed by atoms with E-state index in [0.29, 0.717) is 18.9 Å². The summed E-state index contributed by atoms with van der Waals surface area (Å²) in [6.07, 6.45) is 4.46. The van der Waals surface area contributed by atoms with Gasteiger partial charge in [0.1, 0.15) is 11.8 Å². The summed E-state index contributed by atoms with van der Waals surface area (Å²) in [7, 11) is 0. The summed E-state index contributed by atoms with van der Waals surface area (Å²) in [5, 5.41) is 5.21. The maximum Gasteiger partial charge on any atom is 0.247 e. The second kappa shape index (κ2) is 11.8. The topological polar surface area (TPSA) is 58.6 Å². The van der Waals surface area contributed by atoms with Crippen LogP contribution in [0.3, 0.4) is 0 Å². The Labute approximate surface area is 205 Å². The van der Waals surface area contributed by atoms with Crippen molar-refractivity contribution in [1.29, 1.82) is 0 Å². The molecule has 1 aliphatic rings. The Morgan fingerprint density at radius 1 is 1.03 bits per heavy atom. The number of ether oxygens (including phenoxy) is 1. The van der Waals surface area contributed by atoms with Crippen LogP contribution in [-0.4, -0.2) is 29.4 Å². The molecule has 2 amide bonds. The monoisotopic (exact) mass is 476 g/mol. The highest BCUT2D eigenvalue weighted by Crippen LogP contribution is 2.33. The number of carbonyl (C=O) groups is 2. The van der Waals surface area contributed by atoms with Gasteiger partial charge >= 0.3 is 0 Å². The number of thiophene rings is 1. The Kier molecular flexibility index (Phi) is 8.36. The van der Waals surface area contributed by atoms with Crippen LogP contribution < -0.4 is 10.1 Å². The fourth-order valence-electron chi connectivity index (χ4n) is 4.56. The molecule has 0 saturated heterocycles. The number of para-hydroxylation sites is 1. The van der Waals surface area contributed by atoms with Crippen LogP contribution in [0.4, 0.5) is 0 Å². The highest BCUT2D eigenvalue weighted by molar-refractivity contribution is 7.10. The van der Waals surface area contributed by atoms with Gasteiger partial charge in [-0.3, -0.25) is 9.59 Å². The molecule has 4 rings (SSSR count). The van der Waals surface area contributed by atoms with E-state index in [1.54, 1.807) is 16.2 Å². The Bertz CT molecular complexity index is 1060. The number of nitrogens with zero attached hydrogens (tertiary/aromatic N) is 1. The Morgan fingerprint density at radius 3 is 2.47 bits per heavy atom. The van der Waals surface area contributed by atoms with Gasteiger partial charge in [-0.1, -0.05) is 67.4 Å². The molecule has 1 aliphatic carbocycles. The fourth-order valence-corrected chi connectivity index (χ4v) is 5.26. The predicted octanol–water partition coefficient (Wildman–Crippen LogP) is 5.52. The fraction of sp³-hybridized carbons (Fsp3) is 0.357. The van der Waals surface area contributed by atoms with Crippen molar-refractivity contribution < 1.29 is 14.3 Å². The van der Waals surface area contributed by atoms with E-state index in [1.165, 1.54) is 0 Å². The number of nitrogens with one attached hydrogen (secondary N) is 1. The lowest BCUT2D eigenvalue weighted by Gasteiger charge is -2.33. The number of hydrogen-bond acceptors (Lipinski definition) is 4. The van der Waals surface area contributed by atoms with Gasteiger partial charge in [-0.15, -0.1) is 11.3 Å².